The summed E-state index contributed by atoms with van der Waals surface area (Å²) < 4.78 is 30.9. The molecule has 0 radical (unpaired) electrons. The van der Waals surface area contributed by atoms with E-state index in [-0.39, 0.29) is 6.04 Å². The summed E-state index contributed by atoms with van der Waals surface area (Å²) in [4.78, 5) is 16.2. The number of hydrogen-bond donors (Lipinski definition) is 0. The predicted octanol–water partition coefficient (Wildman–Crippen LogP) is 4.01. The molecule has 1 aliphatic carbocycles. The molecule has 0 saturated heterocycles. The van der Waals surface area contributed by atoms with E-state index in [2.05, 4.69) is 32.0 Å². The van der Waals surface area contributed by atoms with Crippen molar-refractivity contribution in [1.82, 2.24) is 34.3 Å². The summed E-state index contributed by atoms with van der Waals surface area (Å²) >= 11 is 0. The number of anilines is 1. The molecule has 10 heteroatoms. The van der Waals surface area contributed by atoms with Crippen molar-refractivity contribution in [2.24, 2.45) is 0 Å². The lowest BCUT2D eigenvalue weighted by Crippen LogP contribution is -2.46. The van der Waals surface area contributed by atoms with Crippen LogP contribution in [-0.2, 0) is 0 Å². The lowest BCUT2D eigenvalue weighted by molar-refractivity contribution is 0.341. The van der Waals surface area contributed by atoms with Crippen LogP contribution >= 0.6 is 0 Å². The molecule has 1 aliphatic heterocycles. The van der Waals surface area contributed by atoms with E-state index in [1.165, 1.54) is 12.5 Å². The number of nitrogens with zero attached hydrogens (tertiary/aromatic N) is 8. The first-order valence-corrected chi connectivity index (χ1v) is 10.7. The predicted molar refractivity (Wildman–Crippen MR) is 113 cm³/mol. The molecule has 32 heavy (non-hydrogen) atoms. The largest absolute Gasteiger partial charge is 0.341 e. The van der Waals surface area contributed by atoms with Crippen molar-refractivity contribution < 1.29 is 8.78 Å². The Bertz CT molecular complexity index is 1310. The molecule has 1 atom stereocenters. The number of fused-ring (bicyclic) bond motifs is 3. The van der Waals surface area contributed by atoms with E-state index in [1.54, 1.807) is 29.5 Å². The number of hydrogen-bond acceptors (Lipinski definition) is 6. The van der Waals surface area contributed by atoms with Crippen molar-refractivity contribution in [3.63, 3.8) is 0 Å². The van der Waals surface area contributed by atoms with E-state index >= 15 is 0 Å². The second kappa shape index (κ2) is 7.18. The Balaban J connectivity index is 1.50. The minimum atomic E-state index is -0.925. The Kier molecular flexibility index (Phi) is 4.27. The van der Waals surface area contributed by atoms with E-state index in [0.29, 0.717) is 23.4 Å². The van der Waals surface area contributed by atoms with Gasteiger partial charge >= 0.3 is 0 Å². The Hall–Kier alpha value is -3.69. The Morgan fingerprint density at radius 3 is 2.72 bits per heavy atom. The van der Waals surface area contributed by atoms with Gasteiger partial charge in [0.05, 0.1) is 12.2 Å². The van der Waals surface area contributed by atoms with Gasteiger partial charge in [0.1, 0.15) is 17.8 Å². The highest BCUT2D eigenvalue weighted by atomic mass is 19.2. The normalized spacial score (nSPS) is 17.7. The summed E-state index contributed by atoms with van der Waals surface area (Å²) in [7, 11) is 0. The second-order valence-corrected chi connectivity index (χ2v) is 8.10. The van der Waals surface area contributed by atoms with E-state index in [9.17, 15) is 8.78 Å². The molecular formula is C22H20F2N8. The van der Waals surface area contributed by atoms with Gasteiger partial charge in [-0.3, -0.25) is 9.13 Å². The smallest absolute Gasteiger partial charge is 0.237 e. The average molecular weight is 434 g/mol. The van der Waals surface area contributed by atoms with Crippen LogP contribution in [0.15, 0.2) is 43.1 Å². The van der Waals surface area contributed by atoms with Gasteiger partial charge in [0.2, 0.25) is 5.95 Å². The van der Waals surface area contributed by atoms with Gasteiger partial charge in [0.25, 0.3) is 0 Å². The second-order valence-electron chi connectivity index (χ2n) is 8.10. The molecule has 6 rings (SSSR count). The maximum Gasteiger partial charge on any atom is 0.237 e. The van der Waals surface area contributed by atoms with E-state index < -0.39 is 11.6 Å². The minimum Gasteiger partial charge on any atom is -0.341 e. The first kappa shape index (κ1) is 19.0. The number of rotatable bonds is 4. The third-order valence-electron chi connectivity index (χ3n) is 6.34. The van der Waals surface area contributed by atoms with Gasteiger partial charge in [-0.2, -0.15) is 4.98 Å². The highest BCUT2D eigenvalue weighted by Crippen LogP contribution is 2.43. The summed E-state index contributed by atoms with van der Waals surface area (Å²) in [5.41, 5.74) is 1.28. The molecule has 0 bridgehead atoms. The monoisotopic (exact) mass is 434 g/mol. The maximum atomic E-state index is 13.8. The van der Waals surface area contributed by atoms with E-state index in [0.717, 1.165) is 48.7 Å². The first-order chi connectivity index (χ1) is 15.7. The van der Waals surface area contributed by atoms with Gasteiger partial charge < -0.3 is 4.90 Å². The molecule has 2 aliphatic rings. The summed E-state index contributed by atoms with van der Waals surface area (Å²) in [6.45, 7) is 2.14. The van der Waals surface area contributed by atoms with E-state index in [4.69, 9.17) is 4.98 Å². The zero-order valence-corrected chi connectivity index (χ0v) is 17.4. The Morgan fingerprint density at radius 2 is 1.97 bits per heavy atom. The highest BCUT2D eigenvalue weighted by Gasteiger charge is 2.39. The van der Waals surface area contributed by atoms with Crippen LogP contribution in [0.4, 0.5) is 14.6 Å². The SMILES string of the molecule is CC[C@@H]1c2nncn2-c2cnc(-n3ccnc3-c3ccc(F)c(F)c3)nc2N1C1CCC1. The maximum absolute atomic E-state index is 13.8. The van der Waals surface area contributed by atoms with Crippen molar-refractivity contribution >= 4 is 5.82 Å². The zero-order valence-electron chi connectivity index (χ0n) is 17.4. The first-order valence-electron chi connectivity index (χ1n) is 10.7. The molecule has 4 aromatic rings. The highest BCUT2D eigenvalue weighted by molar-refractivity contribution is 5.64. The van der Waals surface area contributed by atoms with Crippen molar-refractivity contribution in [1.29, 1.82) is 0 Å². The van der Waals surface area contributed by atoms with Crippen molar-refractivity contribution in [3.8, 4) is 23.0 Å². The molecule has 0 spiro atoms. The molecule has 8 nitrogen and oxygen atoms in total. The average Bonchev–Trinajstić information content (AvgIpc) is 3.44. The minimum absolute atomic E-state index is 0.0755. The molecule has 162 valence electrons. The third-order valence-corrected chi connectivity index (χ3v) is 6.34. The van der Waals surface area contributed by atoms with Gasteiger partial charge in [-0.25, -0.2) is 18.7 Å². The quantitative estimate of drug-likeness (QED) is 0.483. The van der Waals surface area contributed by atoms with Crippen molar-refractivity contribution in [2.45, 2.75) is 44.7 Å². The molecule has 1 fully saturated rings. The lowest BCUT2D eigenvalue weighted by atomic mass is 9.89. The molecular weight excluding hydrogens is 414 g/mol. The molecule has 1 aromatic carbocycles. The molecule has 1 saturated carbocycles. The summed E-state index contributed by atoms with van der Waals surface area (Å²) in [6, 6.07) is 4.18. The number of aromatic nitrogens is 7. The molecule has 4 heterocycles. The van der Waals surface area contributed by atoms with Crippen LogP contribution < -0.4 is 4.90 Å². The fraction of sp³-hybridized carbons (Fsp3) is 0.318. The fourth-order valence-electron chi connectivity index (χ4n) is 4.55. The summed E-state index contributed by atoms with van der Waals surface area (Å²) in [5, 5.41) is 8.50. The van der Waals surface area contributed by atoms with Crippen LogP contribution in [0.1, 0.15) is 44.5 Å². The number of imidazole rings is 1. The summed E-state index contributed by atoms with van der Waals surface area (Å²) in [5.74, 6) is 0.745. The lowest BCUT2D eigenvalue weighted by Gasteiger charge is -2.45. The van der Waals surface area contributed by atoms with Gasteiger partial charge in [0.15, 0.2) is 23.3 Å². The summed E-state index contributed by atoms with van der Waals surface area (Å²) in [6.07, 6.45) is 11.0. The van der Waals surface area contributed by atoms with Gasteiger partial charge in [-0.1, -0.05) is 6.92 Å². The van der Waals surface area contributed by atoms with Crippen molar-refractivity contribution in [3.05, 3.63) is 60.6 Å². The van der Waals surface area contributed by atoms with Gasteiger partial charge in [-0.05, 0) is 43.9 Å². The Morgan fingerprint density at radius 1 is 1.09 bits per heavy atom. The topological polar surface area (TPSA) is 77.5 Å². The Labute approximate surface area is 182 Å². The molecule has 0 unspecified atom stereocenters. The molecule has 3 aromatic heterocycles. The van der Waals surface area contributed by atoms with Crippen LogP contribution in [0.2, 0.25) is 0 Å². The van der Waals surface area contributed by atoms with Gasteiger partial charge in [0, 0.05) is 24.0 Å². The molecule has 0 N–H and O–H groups in total. The van der Waals surface area contributed by atoms with Crippen molar-refractivity contribution in [2.75, 3.05) is 4.90 Å². The molecule has 0 amide bonds. The number of halogens is 2. The van der Waals surface area contributed by atoms with Crippen LogP contribution in [-0.4, -0.2) is 40.3 Å². The van der Waals surface area contributed by atoms with Crippen LogP contribution in [0.3, 0.4) is 0 Å². The standard InChI is InChI=1S/C22H20F2N8/c1-2-17-21-29-27-12-31(21)18-11-26-22(28-20(18)32(17)14-4-3-5-14)30-9-8-25-19(30)13-6-7-15(23)16(24)10-13/h6-12,14,17H,2-5H2,1H3/t17-/m1/s1. The van der Waals surface area contributed by atoms with Crippen LogP contribution in [0, 0.1) is 11.6 Å². The zero-order chi connectivity index (χ0) is 21.8. The number of benzene rings is 1. The fourth-order valence-corrected chi connectivity index (χ4v) is 4.55. The van der Waals surface area contributed by atoms with Crippen LogP contribution in [0.25, 0.3) is 23.0 Å². The van der Waals surface area contributed by atoms with E-state index in [1.807, 2.05) is 4.57 Å². The van der Waals surface area contributed by atoms with Crippen LogP contribution in [0.5, 0.6) is 0 Å². The third kappa shape index (κ3) is 2.75. The van der Waals surface area contributed by atoms with Gasteiger partial charge in [-0.15, -0.1) is 10.2 Å².